The zero-order valence-corrected chi connectivity index (χ0v) is 17.7. The summed E-state index contributed by atoms with van der Waals surface area (Å²) < 4.78 is 8.66. The number of rotatable bonds is 9. The van der Waals surface area contributed by atoms with Crippen molar-refractivity contribution >= 4 is 20.6 Å². The third kappa shape index (κ3) is 4.85. The summed E-state index contributed by atoms with van der Waals surface area (Å²) >= 11 is -1.71. The fourth-order valence-corrected chi connectivity index (χ4v) is 13.7. The molecule has 0 amide bonds. The Balaban J connectivity index is 2.79. The second-order valence-electron chi connectivity index (χ2n) is 7.01. The normalized spacial score (nSPS) is 19.5. The van der Waals surface area contributed by atoms with Crippen LogP contribution in [0.2, 0.25) is 0 Å². The van der Waals surface area contributed by atoms with E-state index < -0.39 is 20.6 Å². The van der Waals surface area contributed by atoms with Gasteiger partial charge in [0.05, 0.1) is 0 Å². The molecular weight excluding hydrogens is 353 g/mol. The molecule has 119 valence electrons. The van der Waals surface area contributed by atoms with Crippen molar-refractivity contribution in [1.82, 2.24) is 9.36 Å². The fourth-order valence-electron chi connectivity index (χ4n) is 3.08. The Morgan fingerprint density at radius 3 is 1.60 bits per heavy atom. The van der Waals surface area contributed by atoms with Gasteiger partial charge in [0.1, 0.15) is 0 Å². The molecule has 0 N–H and O–H groups in total. The first-order valence-electron chi connectivity index (χ1n) is 8.57. The van der Waals surface area contributed by atoms with Crippen LogP contribution in [0.5, 0.6) is 0 Å². The van der Waals surface area contributed by atoms with E-state index in [1.54, 1.807) is 0 Å². The summed E-state index contributed by atoms with van der Waals surface area (Å²) in [6.45, 7) is 21.7. The minimum absolute atomic E-state index is 0.686. The quantitative estimate of drug-likeness (QED) is 0.560. The van der Waals surface area contributed by atoms with Gasteiger partial charge in [-0.15, -0.1) is 0 Å². The molecule has 1 aliphatic heterocycles. The second-order valence-corrected chi connectivity index (χ2v) is 13.8. The Labute approximate surface area is 135 Å². The number of hydrogen-bond acceptors (Lipinski definition) is 3. The molecule has 0 unspecified atom stereocenters. The predicted octanol–water partition coefficient (Wildman–Crippen LogP) is 3.37. The van der Waals surface area contributed by atoms with Crippen LogP contribution in [-0.4, -0.2) is 62.3 Å². The van der Waals surface area contributed by atoms with E-state index >= 15 is 0 Å². The maximum absolute atomic E-state index is 2.89. The van der Waals surface area contributed by atoms with E-state index in [-0.39, 0.29) is 0 Å². The molecule has 1 fully saturated rings. The van der Waals surface area contributed by atoms with E-state index in [0.717, 1.165) is 11.8 Å². The summed E-state index contributed by atoms with van der Waals surface area (Å²) in [6.07, 6.45) is 3.28. The van der Waals surface area contributed by atoms with E-state index in [2.05, 4.69) is 57.8 Å². The van der Waals surface area contributed by atoms with Crippen LogP contribution in [-0.2, 0) is 0 Å². The molecule has 20 heavy (non-hydrogen) atoms. The van der Waals surface area contributed by atoms with Crippen LogP contribution in [0.4, 0.5) is 0 Å². The molecule has 0 spiro atoms. The van der Waals surface area contributed by atoms with Gasteiger partial charge in [-0.1, -0.05) is 0 Å². The van der Waals surface area contributed by atoms with Gasteiger partial charge in [-0.3, -0.25) is 0 Å². The van der Waals surface area contributed by atoms with Gasteiger partial charge >= 0.3 is 135 Å². The summed E-state index contributed by atoms with van der Waals surface area (Å²) in [7, 11) is 0. The van der Waals surface area contributed by atoms with E-state index in [1.165, 1.54) is 39.0 Å². The Morgan fingerprint density at radius 1 is 0.900 bits per heavy atom. The Bertz CT molecular complexity index is 244. The summed E-state index contributed by atoms with van der Waals surface area (Å²) in [6, 6.07) is 0. The molecule has 4 heteroatoms. The van der Waals surface area contributed by atoms with Gasteiger partial charge in [0.2, 0.25) is 0 Å². The Hall–Kier alpha value is 0.679. The minimum atomic E-state index is -1.71. The van der Waals surface area contributed by atoms with Crippen molar-refractivity contribution in [2.24, 2.45) is 11.8 Å². The van der Waals surface area contributed by atoms with Crippen molar-refractivity contribution in [1.29, 1.82) is 0 Å². The van der Waals surface area contributed by atoms with Crippen molar-refractivity contribution in [3.63, 3.8) is 0 Å². The first-order chi connectivity index (χ1) is 9.42. The van der Waals surface area contributed by atoms with E-state index in [9.17, 15) is 0 Å². The van der Waals surface area contributed by atoms with Crippen LogP contribution < -0.4 is 0 Å². The van der Waals surface area contributed by atoms with Crippen molar-refractivity contribution in [2.45, 2.75) is 67.5 Å². The average molecular weight is 389 g/mol. The molecule has 3 nitrogen and oxygen atoms in total. The second kappa shape index (κ2) is 8.96. The zero-order valence-electron chi connectivity index (χ0n) is 14.8. The topological polar surface area (TPSA) is 9.72 Å². The van der Waals surface area contributed by atoms with Crippen LogP contribution in [0.15, 0.2) is 0 Å². The van der Waals surface area contributed by atoms with Gasteiger partial charge in [0.15, 0.2) is 0 Å². The number of hydrogen-bond donors (Lipinski definition) is 0. The third-order valence-electron chi connectivity index (χ3n) is 3.81. The first kappa shape index (κ1) is 18.7. The van der Waals surface area contributed by atoms with Crippen molar-refractivity contribution in [3.8, 4) is 0 Å². The molecule has 1 aliphatic rings. The fraction of sp³-hybridized carbons (Fsp3) is 1.00. The molecular formula is C16H36N3Sn. The van der Waals surface area contributed by atoms with Crippen LogP contribution in [0, 0.1) is 11.8 Å². The molecule has 0 aromatic rings. The molecule has 1 radical (unpaired) electrons. The maximum atomic E-state index is 2.89. The molecule has 0 atom stereocenters. The average Bonchev–Trinajstić information content (AvgIpc) is 2.36. The van der Waals surface area contributed by atoms with Crippen molar-refractivity contribution in [2.75, 3.05) is 26.2 Å². The summed E-state index contributed by atoms with van der Waals surface area (Å²) in [5.74, 6) is 1.58. The first-order valence-corrected chi connectivity index (χ1v) is 12.4. The molecule has 0 saturated carbocycles. The van der Waals surface area contributed by atoms with Gasteiger partial charge in [-0.2, -0.15) is 0 Å². The van der Waals surface area contributed by atoms with Crippen LogP contribution in [0.25, 0.3) is 0 Å². The van der Waals surface area contributed by atoms with Crippen LogP contribution in [0.1, 0.15) is 61.3 Å². The van der Waals surface area contributed by atoms with Gasteiger partial charge in [-0.25, -0.2) is 0 Å². The molecule has 1 heterocycles. The van der Waals surface area contributed by atoms with E-state index in [4.69, 9.17) is 0 Å². The monoisotopic (exact) mass is 390 g/mol. The Morgan fingerprint density at radius 2 is 1.30 bits per heavy atom. The van der Waals surface area contributed by atoms with Crippen molar-refractivity contribution in [3.05, 3.63) is 0 Å². The molecule has 0 aliphatic carbocycles. The molecule has 0 bridgehead atoms. The molecule has 1 saturated heterocycles. The summed E-state index contributed by atoms with van der Waals surface area (Å²) in [5, 5.41) is 0. The van der Waals surface area contributed by atoms with Crippen LogP contribution in [0.3, 0.4) is 0 Å². The van der Waals surface area contributed by atoms with E-state index in [0.29, 0.717) is 6.17 Å². The van der Waals surface area contributed by atoms with Crippen molar-refractivity contribution < 1.29 is 0 Å². The van der Waals surface area contributed by atoms with Crippen LogP contribution >= 0.6 is 0 Å². The molecule has 0 aromatic carbocycles. The summed E-state index contributed by atoms with van der Waals surface area (Å²) in [5.41, 5.74) is 0. The van der Waals surface area contributed by atoms with Gasteiger partial charge in [-0.05, 0) is 0 Å². The standard InChI is InChI=1S/C10H22N2.C6H14N.Sn/c1-8(2)6-11-10(5)12-7-9(3)4;1-3-5-7-6-4-2;/h8-10H,6-7H2,1-5H3;3-6H2,1-2H3;/q-2;-1;+3. The Kier molecular flexibility index (Phi) is 8.39. The predicted molar refractivity (Wildman–Crippen MR) is 90.5 cm³/mol. The molecule has 0 aromatic heterocycles. The SMILES string of the molecule is CCC[N](CCC)[Sn]1[N](CC(C)C)C(C)[N]1CC(C)C. The summed E-state index contributed by atoms with van der Waals surface area (Å²) in [4.78, 5) is 0. The zero-order chi connectivity index (χ0) is 15.3. The molecule has 1 rings (SSSR count). The number of nitrogens with zero attached hydrogens (tertiary/aromatic N) is 3. The third-order valence-corrected chi connectivity index (χ3v) is 12.8. The van der Waals surface area contributed by atoms with Gasteiger partial charge in [0.25, 0.3) is 0 Å². The van der Waals surface area contributed by atoms with Gasteiger partial charge < -0.3 is 0 Å². The van der Waals surface area contributed by atoms with E-state index in [1.807, 2.05) is 0 Å². The van der Waals surface area contributed by atoms with Gasteiger partial charge in [0, 0.05) is 0 Å².